The molecule has 22 heavy (non-hydrogen) atoms. The third-order valence-corrected chi connectivity index (χ3v) is 4.36. The maximum absolute atomic E-state index is 13.8. The van der Waals surface area contributed by atoms with Crippen LogP contribution < -0.4 is 4.90 Å². The first-order valence-corrected chi connectivity index (χ1v) is 7.93. The molecule has 2 aromatic rings. The third-order valence-electron chi connectivity index (χ3n) is 4.36. The molecular weight excluding hydrogens is 279 g/mol. The van der Waals surface area contributed by atoms with Gasteiger partial charge in [-0.3, -0.25) is 4.90 Å². The minimum absolute atomic E-state index is 0.119. The SMILES string of the molecule is Cc1nccn1CCCN1CCN(c2ccccc2F)CC1. The van der Waals surface area contributed by atoms with E-state index in [2.05, 4.69) is 19.4 Å². The molecule has 0 atom stereocenters. The molecule has 0 aliphatic carbocycles. The Morgan fingerprint density at radius 2 is 1.86 bits per heavy atom. The average molecular weight is 302 g/mol. The van der Waals surface area contributed by atoms with E-state index in [9.17, 15) is 4.39 Å². The van der Waals surface area contributed by atoms with E-state index in [1.54, 1.807) is 6.07 Å². The van der Waals surface area contributed by atoms with Gasteiger partial charge < -0.3 is 9.47 Å². The van der Waals surface area contributed by atoms with Gasteiger partial charge in [0.2, 0.25) is 0 Å². The van der Waals surface area contributed by atoms with Crippen molar-refractivity contribution in [1.82, 2.24) is 14.5 Å². The van der Waals surface area contributed by atoms with Gasteiger partial charge in [0.15, 0.2) is 0 Å². The lowest BCUT2D eigenvalue weighted by molar-refractivity contribution is 0.249. The Hall–Kier alpha value is -1.88. The summed E-state index contributed by atoms with van der Waals surface area (Å²) in [6, 6.07) is 7.05. The molecule has 0 spiro atoms. The zero-order valence-electron chi connectivity index (χ0n) is 13.1. The van der Waals surface area contributed by atoms with Gasteiger partial charge >= 0.3 is 0 Å². The quantitative estimate of drug-likeness (QED) is 0.848. The number of imidazole rings is 1. The van der Waals surface area contributed by atoms with Gasteiger partial charge in [-0.25, -0.2) is 9.37 Å². The number of rotatable bonds is 5. The van der Waals surface area contributed by atoms with Crippen molar-refractivity contribution in [2.75, 3.05) is 37.6 Å². The Labute approximate surface area is 131 Å². The van der Waals surface area contributed by atoms with Crippen LogP contribution in [0.1, 0.15) is 12.2 Å². The van der Waals surface area contributed by atoms with Crippen LogP contribution in [0.25, 0.3) is 0 Å². The summed E-state index contributed by atoms with van der Waals surface area (Å²) in [5, 5.41) is 0. The summed E-state index contributed by atoms with van der Waals surface area (Å²) in [5.74, 6) is 0.955. The highest BCUT2D eigenvalue weighted by Crippen LogP contribution is 2.20. The molecule has 0 N–H and O–H groups in total. The van der Waals surface area contributed by atoms with Crippen LogP contribution in [0.4, 0.5) is 10.1 Å². The molecule has 1 aliphatic heterocycles. The van der Waals surface area contributed by atoms with Crippen molar-refractivity contribution in [3.05, 3.63) is 48.3 Å². The van der Waals surface area contributed by atoms with E-state index in [1.165, 1.54) is 6.07 Å². The Morgan fingerprint density at radius 3 is 2.55 bits per heavy atom. The van der Waals surface area contributed by atoms with E-state index in [0.29, 0.717) is 0 Å². The van der Waals surface area contributed by atoms with Gasteiger partial charge in [0.25, 0.3) is 0 Å². The van der Waals surface area contributed by atoms with Crippen LogP contribution in [0.3, 0.4) is 0 Å². The summed E-state index contributed by atoms with van der Waals surface area (Å²) in [7, 11) is 0. The summed E-state index contributed by atoms with van der Waals surface area (Å²) in [6.07, 6.45) is 5.00. The first-order chi connectivity index (χ1) is 10.7. The highest BCUT2D eigenvalue weighted by Gasteiger charge is 2.18. The molecule has 0 amide bonds. The third kappa shape index (κ3) is 3.47. The van der Waals surface area contributed by atoms with E-state index in [4.69, 9.17) is 0 Å². The molecule has 4 nitrogen and oxygen atoms in total. The standard InChI is InChI=1S/C17H23FN4/c1-15-19-7-10-21(15)9-4-8-20-11-13-22(14-12-20)17-6-3-2-5-16(17)18/h2-3,5-7,10H,4,8-9,11-14H2,1H3. The predicted octanol–water partition coefficient (Wildman–Crippen LogP) is 2.54. The van der Waals surface area contributed by atoms with Gasteiger partial charge in [0.1, 0.15) is 11.6 Å². The maximum Gasteiger partial charge on any atom is 0.146 e. The molecule has 1 aromatic heterocycles. The largest absolute Gasteiger partial charge is 0.367 e. The summed E-state index contributed by atoms with van der Waals surface area (Å²) in [5.41, 5.74) is 0.733. The predicted molar refractivity (Wildman–Crippen MR) is 86.6 cm³/mol. The van der Waals surface area contributed by atoms with Crippen molar-refractivity contribution in [1.29, 1.82) is 0 Å². The Morgan fingerprint density at radius 1 is 1.09 bits per heavy atom. The molecular formula is C17H23FN4. The highest BCUT2D eigenvalue weighted by molar-refractivity contribution is 5.47. The van der Waals surface area contributed by atoms with Crippen LogP contribution in [0, 0.1) is 12.7 Å². The Kier molecular flexibility index (Phi) is 4.73. The molecule has 2 heterocycles. The minimum Gasteiger partial charge on any atom is -0.367 e. The van der Waals surface area contributed by atoms with Crippen molar-refractivity contribution in [3.8, 4) is 0 Å². The number of halogens is 1. The summed E-state index contributed by atoms with van der Waals surface area (Å²) in [4.78, 5) is 8.85. The Bertz CT molecular complexity index is 602. The summed E-state index contributed by atoms with van der Waals surface area (Å²) >= 11 is 0. The number of aromatic nitrogens is 2. The number of benzene rings is 1. The van der Waals surface area contributed by atoms with Crippen LogP contribution in [-0.2, 0) is 6.54 Å². The number of hydrogen-bond acceptors (Lipinski definition) is 3. The number of aryl methyl sites for hydroxylation is 2. The van der Waals surface area contributed by atoms with Crippen molar-refractivity contribution >= 4 is 5.69 Å². The molecule has 0 saturated carbocycles. The molecule has 1 aromatic carbocycles. The molecule has 0 unspecified atom stereocenters. The van der Waals surface area contributed by atoms with Gasteiger partial charge in [-0.2, -0.15) is 0 Å². The summed E-state index contributed by atoms with van der Waals surface area (Å²) in [6.45, 7) is 7.92. The Balaban J connectivity index is 1.44. The second kappa shape index (κ2) is 6.92. The number of piperazine rings is 1. The van der Waals surface area contributed by atoms with Crippen molar-refractivity contribution in [2.45, 2.75) is 19.9 Å². The lowest BCUT2D eigenvalue weighted by Gasteiger charge is -2.36. The van der Waals surface area contributed by atoms with Crippen LogP contribution in [0.15, 0.2) is 36.7 Å². The van der Waals surface area contributed by atoms with E-state index < -0.39 is 0 Å². The fourth-order valence-electron chi connectivity index (χ4n) is 3.03. The van der Waals surface area contributed by atoms with Crippen molar-refractivity contribution < 1.29 is 4.39 Å². The average Bonchev–Trinajstić information content (AvgIpc) is 2.94. The molecule has 0 radical (unpaired) electrons. The highest BCUT2D eigenvalue weighted by atomic mass is 19.1. The normalized spacial score (nSPS) is 16.2. The van der Waals surface area contributed by atoms with Crippen LogP contribution in [0.5, 0.6) is 0 Å². The molecule has 1 saturated heterocycles. The van der Waals surface area contributed by atoms with Crippen LogP contribution >= 0.6 is 0 Å². The number of para-hydroxylation sites is 1. The van der Waals surface area contributed by atoms with Gasteiger partial charge in [0.05, 0.1) is 5.69 Å². The fraction of sp³-hybridized carbons (Fsp3) is 0.471. The lowest BCUT2D eigenvalue weighted by Crippen LogP contribution is -2.47. The monoisotopic (exact) mass is 302 g/mol. The molecule has 1 fully saturated rings. The van der Waals surface area contributed by atoms with E-state index in [-0.39, 0.29) is 5.82 Å². The van der Waals surface area contributed by atoms with Gasteiger partial charge in [-0.1, -0.05) is 12.1 Å². The lowest BCUT2D eigenvalue weighted by atomic mass is 10.2. The van der Waals surface area contributed by atoms with E-state index >= 15 is 0 Å². The second-order valence-corrected chi connectivity index (χ2v) is 5.80. The van der Waals surface area contributed by atoms with Gasteiger partial charge in [-0.15, -0.1) is 0 Å². The molecule has 118 valence electrons. The first kappa shape index (κ1) is 15.0. The smallest absolute Gasteiger partial charge is 0.146 e. The van der Waals surface area contributed by atoms with Crippen LogP contribution in [-0.4, -0.2) is 47.2 Å². The summed E-state index contributed by atoms with van der Waals surface area (Å²) < 4.78 is 16.0. The second-order valence-electron chi connectivity index (χ2n) is 5.80. The van der Waals surface area contributed by atoms with Crippen molar-refractivity contribution in [2.24, 2.45) is 0 Å². The van der Waals surface area contributed by atoms with Gasteiger partial charge in [0, 0.05) is 45.1 Å². The number of anilines is 1. The minimum atomic E-state index is -0.119. The number of nitrogens with zero attached hydrogens (tertiary/aromatic N) is 4. The van der Waals surface area contributed by atoms with Crippen molar-refractivity contribution in [3.63, 3.8) is 0 Å². The zero-order valence-corrected chi connectivity index (χ0v) is 13.1. The fourth-order valence-corrected chi connectivity index (χ4v) is 3.03. The molecule has 0 bridgehead atoms. The van der Waals surface area contributed by atoms with Crippen LogP contribution in [0.2, 0.25) is 0 Å². The molecule has 3 rings (SSSR count). The topological polar surface area (TPSA) is 24.3 Å². The van der Waals surface area contributed by atoms with Gasteiger partial charge in [-0.05, 0) is 32.0 Å². The maximum atomic E-state index is 13.8. The van der Waals surface area contributed by atoms with E-state index in [1.807, 2.05) is 31.5 Å². The first-order valence-electron chi connectivity index (χ1n) is 7.93. The molecule has 1 aliphatic rings. The number of hydrogen-bond donors (Lipinski definition) is 0. The zero-order chi connectivity index (χ0) is 15.4. The van der Waals surface area contributed by atoms with E-state index in [0.717, 1.165) is 57.2 Å². The molecule has 5 heteroatoms.